The van der Waals surface area contributed by atoms with Crippen molar-refractivity contribution in [2.75, 3.05) is 13.1 Å². The molecular weight excluding hydrogens is 332 g/mol. The van der Waals surface area contributed by atoms with Crippen LogP contribution in [0.4, 0.5) is 8.78 Å². The van der Waals surface area contributed by atoms with E-state index in [4.69, 9.17) is 0 Å². The number of aromatic nitrogens is 3. The van der Waals surface area contributed by atoms with Crippen LogP contribution in [-0.4, -0.2) is 39.3 Å². The van der Waals surface area contributed by atoms with Gasteiger partial charge in [-0.15, -0.1) is 0 Å². The zero-order valence-corrected chi connectivity index (χ0v) is 12.9. The van der Waals surface area contributed by atoms with Crippen LogP contribution >= 0.6 is 0 Å². The molecule has 2 amide bonds. The van der Waals surface area contributed by atoms with Crippen LogP contribution in [-0.2, 0) is 0 Å². The second-order valence-electron chi connectivity index (χ2n) is 5.07. The molecule has 0 aliphatic heterocycles. The van der Waals surface area contributed by atoms with E-state index in [1.54, 1.807) is 23.0 Å². The monoisotopic (exact) mass is 345 g/mol. The van der Waals surface area contributed by atoms with Gasteiger partial charge in [-0.25, -0.2) is 18.7 Å². The van der Waals surface area contributed by atoms with Gasteiger partial charge >= 0.3 is 0 Å². The molecule has 3 aromatic rings. The molecular formula is C16H13F2N5O2. The summed E-state index contributed by atoms with van der Waals surface area (Å²) >= 11 is 0. The Kier molecular flexibility index (Phi) is 4.64. The first-order valence-corrected chi connectivity index (χ1v) is 7.35. The van der Waals surface area contributed by atoms with Crippen LogP contribution in [0.5, 0.6) is 0 Å². The third-order valence-electron chi connectivity index (χ3n) is 3.40. The summed E-state index contributed by atoms with van der Waals surface area (Å²) in [5.74, 6) is -2.85. The normalized spacial score (nSPS) is 10.6. The lowest BCUT2D eigenvalue weighted by Gasteiger charge is -2.08. The van der Waals surface area contributed by atoms with E-state index in [-0.39, 0.29) is 24.3 Å². The molecule has 0 radical (unpaired) electrons. The van der Waals surface area contributed by atoms with E-state index < -0.39 is 23.4 Å². The number of rotatable bonds is 5. The summed E-state index contributed by atoms with van der Waals surface area (Å²) in [5.41, 5.74) is 0.303. The van der Waals surface area contributed by atoms with Crippen LogP contribution in [0.25, 0.3) is 5.65 Å². The highest BCUT2D eigenvalue weighted by atomic mass is 19.1. The molecule has 0 fully saturated rings. The average Bonchev–Trinajstić information content (AvgIpc) is 3.07. The van der Waals surface area contributed by atoms with E-state index in [1.807, 2.05) is 0 Å². The van der Waals surface area contributed by atoms with Gasteiger partial charge in [0.1, 0.15) is 11.6 Å². The zero-order valence-electron chi connectivity index (χ0n) is 12.9. The summed E-state index contributed by atoms with van der Waals surface area (Å²) in [6.07, 6.45) is 6.37. The highest BCUT2D eigenvalue weighted by Gasteiger charge is 2.14. The molecule has 0 aliphatic rings. The second-order valence-corrected chi connectivity index (χ2v) is 5.07. The molecule has 0 spiro atoms. The third kappa shape index (κ3) is 3.60. The Bertz CT molecular complexity index is 941. The van der Waals surface area contributed by atoms with E-state index >= 15 is 0 Å². The number of fused-ring (bicyclic) bond motifs is 1. The summed E-state index contributed by atoms with van der Waals surface area (Å²) in [4.78, 5) is 32.0. The van der Waals surface area contributed by atoms with Gasteiger partial charge in [0.2, 0.25) is 0 Å². The lowest BCUT2D eigenvalue weighted by Crippen LogP contribution is -2.35. The topological polar surface area (TPSA) is 88.4 Å². The highest BCUT2D eigenvalue weighted by Crippen LogP contribution is 2.09. The Hall–Kier alpha value is -3.36. The standard InChI is InChI=1S/C16H13F2N5O2/c17-10-1-2-11(12(18)9-10)15(24)21-3-4-22-16(25)13-14-20-6-8-23(14)7-5-19-13/h1-2,5-9H,3-4H2,(H,21,24)(H,22,25). The number of amides is 2. The van der Waals surface area contributed by atoms with E-state index in [2.05, 4.69) is 20.6 Å². The predicted molar refractivity (Wildman–Crippen MR) is 84.0 cm³/mol. The molecule has 3 rings (SSSR count). The summed E-state index contributed by atoms with van der Waals surface area (Å²) in [6, 6.07) is 2.69. The van der Waals surface area contributed by atoms with Crippen LogP contribution < -0.4 is 10.6 Å². The SMILES string of the molecule is O=C(NCCNC(=O)c1nccn2ccnc12)c1ccc(F)cc1F. The third-order valence-corrected chi connectivity index (χ3v) is 3.40. The first kappa shape index (κ1) is 16.5. The maximum absolute atomic E-state index is 13.5. The van der Waals surface area contributed by atoms with E-state index in [0.29, 0.717) is 11.7 Å². The molecule has 2 aromatic heterocycles. The van der Waals surface area contributed by atoms with Crippen molar-refractivity contribution < 1.29 is 18.4 Å². The van der Waals surface area contributed by atoms with Gasteiger partial charge in [-0.1, -0.05) is 0 Å². The van der Waals surface area contributed by atoms with Gasteiger partial charge in [-0.3, -0.25) is 9.59 Å². The van der Waals surface area contributed by atoms with Crippen molar-refractivity contribution in [2.45, 2.75) is 0 Å². The fourth-order valence-electron chi connectivity index (χ4n) is 2.22. The maximum atomic E-state index is 13.5. The fourth-order valence-corrected chi connectivity index (χ4v) is 2.22. The predicted octanol–water partition coefficient (Wildman–Crippen LogP) is 1.17. The first-order valence-electron chi connectivity index (χ1n) is 7.35. The van der Waals surface area contributed by atoms with Crippen molar-refractivity contribution in [1.29, 1.82) is 0 Å². The maximum Gasteiger partial charge on any atom is 0.273 e. The van der Waals surface area contributed by atoms with Crippen molar-refractivity contribution in [3.05, 3.63) is 65.9 Å². The summed E-state index contributed by atoms with van der Waals surface area (Å²) < 4.78 is 28.0. The lowest BCUT2D eigenvalue weighted by molar-refractivity contribution is 0.0923. The molecule has 0 atom stereocenters. The largest absolute Gasteiger partial charge is 0.350 e. The number of nitrogens with zero attached hydrogens (tertiary/aromatic N) is 3. The number of hydrogen-bond donors (Lipinski definition) is 2. The van der Waals surface area contributed by atoms with Gasteiger partial charge < -0.3 is 15.0 Å². The Balaban J connectivity index is 1.54. The average molecular weight is 345 g/mol. The summed E-state index contributed by atoms with van der Waals surface area (Å²) in [6.45, 7) is 0.176. The lowest BCUT2D eigenvalue weighted by atomic mass is 10.2. The Morgan fingerprint density at radius 1 is 1.00 bits per heavy atom. The van der Waals surface area contributed by atoms with Gasteiger partial charge in [-0.05, 0) is 12.1 Å². The summed E-state index contributed by atoms with van der Waals surface area (Å²) in [7, 11) is 0. The van der Waals surface area contributed by atoms with Crippen LogP contribution in [0.15, 0.2) is 43.0 Å². The van der Waals surface area contributed by atoms with Gasteiger partial charge in [0.05, 0.1) is 5.56 Å². The van der Waals surface area contributed by atoms with E-state index in [0.717, 1.165) is 12.1 Å². The van der Waals surface area contributed by atoms with Gasteiger partial charge in [0.15, 0.2) is 11.3 Å². The number of carbonyl (C=O) groups is 2. The molecule has 1 aromatic carbocycles. The number of hydrogen-bond acceptors (Lipinski definition) is 4. The molecule has 0 saturated heterocycles. The molecule has 0 aliphatic carbocycles. The van der Waals surface area contributed by atoms with Gasteiger partial charge in [0, 0.05) is 43.9 Å². The minimum absolute atomic E-state index is 0.0684. The molecule has 9 heteroatoms. The van der Waals surface area contributed by atoms with Crippen LogP contribution in [0.1, 0.15) is 20.8 Å². The van der Waals surface area contributed by atoms with Crippen molar-refractivity contribution >= 4 is 17.5 Å². The zero-order chi connectivity index (χ0) is 17.8. The van der Waals surface area contributed by atoms with Crippen molar-refractivity contribution in [1.82, 2.24) is 25.0 Å². The number of carbonyl (C=O) groups excluding carboxylic acids is 2. The van der Waals surface area contributed by atoms with Crippen LogP contribution in [0.2, 0.25) is 0 Å². The Morgan fingerprint density at radius 3 is 2.40 bits per heavy atom. The number of benzene rings is 1. The van der Waals surface area contributed by atoms with Gasteiger partial charge in [-0.2, -0.15) is 0 Å². The molecule has 0 bridgehead atoms. The van der Waals surface area contributed by atoms with Crippen molar-refractivity contribution in [2.24, 2.45) is 0 Å². The molecule has 128 valence electrons. The molecule has 0 saturated carbocycles. The second kappa shape index (κ2) is 7.04. The van der Waals surface area contributed by atoms with Crippen LogP contribution in [0.3, 0.4) is 0 Å². The quantitative estimate of drug-likeness (QED) is 0.680. The number of halogens is 2. The number of imidazole rings is 1. The smallest absolute Gasteiger partial charge is 0.273 e. The van der Waals surface area contributed by atoms with Gasteiger partial charge in [0.25, 0.3) is 11.8 Å². The Labute approximate surface area is 140 Å². The van der Waals surface area contributed by atoms with E-state index in [1.165, 1.54) is 6.20 Å². The van der Waals surface area contributed by atoms with Crippen molar-refractivity contribution in [3.8, 4) is 0 Å². The summed E-state index contributed by atoms with van der Waals surface area (Å²) in [5, 5.41) is 5.03. The Morgan fingerprint density at radius 2 is 1.68 bits per heavy atom. The highest BCUT2D eigenvalue weighted by molar-refractivity contribution is 5.97. The molecule has 7 nitrogen and oxygen atoms in total. The molecule has 25 heavy (non-hydrogen) atoms. The minimum atomic E-state index is -0.947. The minimum Gasteiger partial charge on any atom is -0.350 e. The fraction of sp³-hybridized carbons (Fsp3) is 0.125. The van der Waals surface area contributed by atoms with Crippen molar-refractivity contribution in [3.63, 3.8) is 0 Å². The van der Waals surface area contributed by atoms with Crippen LogP contribution in [0, 0.1) is 11.6 Å². The molecule has 2 N–H and O–H groups in total. The molecule has 2 heterocycles. The number of nitrogens with one attached hydrogen (secondary N) is 2. The van der Waals surface area contributed by atoms with E-state index in [9.17, 15) is 18.4 Å². The molecule has 0 unspecified atom stereocenters. The first-order chi connectivity index (χ1) is 12.1.